The number of hydrogen-bond acceptors (Lipinski definition) is 3. The lowest BCUT2D eigenvalue weighted by molar-refractivity contribution is 0.156. The number of nitrogens with zero attached hydrogens (tertiary/aromatic N) is 2. The van der Waals surface area contributed by atoms with Gasteiger partial charge in [0, 0.05) is 31.2 Å². The molecule has 1 heterocycles. The first-order chi connectivity index (χ1) is 14.4. The molecule has 4 nitrogen and oxygen atoms in total. The van der Waals surface area contributed by atoms with Gasteiger partial charge in [0.1, 0.15) is 0 Å². The van der Waals surface area contributed by atoms with Crippen LogP contribution in [0.4, 0.5) is 0 Å². The fourth-order valence-corrected chi connectivity index (χ4v) is 5.50. The summed E-state index contributed by atoms with van der Waals surface area (Å²) < 4.78 is 27.7. The van der Waals surface area contributed by atoms with Gasteiger partial charge in [-0.05, 0) is 42.3 Å². The highest BCUT2D eigenvalue weighted by atomic mass is 35.5. The molecular weight excluding hydrogens is 416 g/mol. The molecule has 1 fully saturated rings. The van der Waals surface area contributed by atoms with Gasteiger partial charge in [-0.25, -0.2) is 8.42 Å². The summed E-state index contributed by atoms with van der Waals surface area (Å²) in [5.74, 6) is 0. The van der Waals surface area contributed by atoms with Crippen molar-refractivity contribution in [1.82, 2.24) is 9.21 Å². The predicted octanol–water partition coefficient (Wildman–Crippen LogP) is 4.74. The van der Waals surface area contributed by atoms with E-state index in [-0.39, 0.29) is 6.04 Å². The summed E-state index contributed by atoms with van der Waals surface area (Å²) in [5, 5.41) is 0.708. The van der Waals surface area contributed by atoms with E-state index in [0.717, 1.165) is 11.1 Å². The van der Waals surface area contributed by atoms with Crippen molar-refractivity contribution in [1.29, 1.82) is 0 Å². The molecule has 30 heavy (non-hydrogen) atoms. The Morgan fingerprint density at radius 2 is 1.33 bits per heavy atom. The summed E-state index contributed by atoms with van der Waals surface area (Å²) in [4.78, 5) is 2.71. The summed E-state index contributed by atoms with van der Waals surface area (Å²) in [6, 6.07) is 25.4. The van der Waals surface area contributed by atoms with Crippen molar-refractivity contribution in [3.63, 3.8) is 0 Å². The van der Waals surface area contributed by atoms with Crippen molar-refractivity contribution in [2.45, 2.75) is 17.9 Å². The second kappa shape index (κ2) is 8.90. The Bertz CT molecular complexity index is 1080. The molecule has 1 aliphatic rings. The molecule has 156 valence electrons. The zero-order chi connectivity index (χ0) is 21.1. The van der Waals surface area contributed by atoms with E-state index in [4.69, 9.17) is 11.6 Å². The fraction of sp³-hybridized carbons (Fsp3) is 0.250. The number of piperazine rings is 1. The average Bonchev–Trinajstić information content (AvgIpc) is 2.77. The van der Waals surface area contributed by atoms with Gasteiger partial charge < -0.3 is 0 Å². The van der Waals surface area contributed by atoms with Crippen molar-refractivity contribution in [3.8, 4) is 0 Å². The Morgan fingerprint density at radius 1 is 0.767 bits per heavy atom. The Balaban J connectivity index is 1.56. The average molecular weight is 441 g/mol. The van der Waals surface area contributed by atoms with E-state index in [9.17, 15) is 8.42 Å². The molecule has 0 saturated carbocycles. The Hall–Kier alpha value is -2.18. The van der Waals surface area contributed by atoms with Crippen LogP contribution >= 0.6 is 11.6 Å². The molecule has 3 aromatic carbocycles. The molecule has 1 atom stereocenters. The fourth-order valence-electron chi connectivity index (χ4n) is 3.96. The third kappa shape index (κ3) is 4.44. The molecule has 4 rings (SSSR count). The van der Waals surface area contributed by atoms with E-state index in [0.29, 0.717) is 36.1 Å². The van der Waals surface area contributed by atoms with Crippen LogP contribution in [0.2, 0.25) is 5.02 Å². The molecule has 0 aliphatic carbocycles. The van der Waals surface area contributed by atoms with Crippen molar-refractivity contribution in [2.75, 3.05) is 26.2 Å². The second-order valence-corrected chi connectivity index (χ2v) is 9.99. The van der Waals surface area contributed by atoms with Crippen LogP contribution < -0.4 is 0 Å². The van der Waals surface area contributed by atoms with Crippen molar-refractivity contribution in [2.24, 2.45) is 0 Å². The number of aryl methyl sites for hydroxylation is 1. The number of halogens is 1. The Labute approximate surface area is 183 Å². The molecule has 6 heteroatoms. The van der Waals surface area contributed by atoms with E-state index in [2.05, 4.69) is 29.2 Å². The molecule has 0 spiro atoms. The Morgan fingerprint density at radius 3 is 1.93 bits per heavy atom. The minimum atomic E-state index is -3.47. The van der Waals surface area contributed by atoms with Crippen LogP contribution in [0, 0.1) is 6.92 Å². The highest BCUT2D eigenvalue weighted by Crippen LogP contribution is 2.31. The van der Waals surface area contributed by atoms with Crippen LogP contribution in [0.5, 0.6) is 0 Å². The number of hydrogen-bond donors (Lipinski definition) is 0. The molecule has 1 aliphatic heterocycles. The van der Waals surface area contributed by atoms with Crippen molar-refractivity contribution >= 4 is 21.6 Å². The predicted molar refractivity (Wildman–Crippen MR) is 121 cm³/mol. The number of benzene rings is 3. The molecule has 1 saturated heterocycles. The third-order valence-electron chi connectivity index (χ3n) is 5.60. The zero-order valence-corrected chi connectivity index (χ0v) is 18.5. The maximum absolute atomic E-state index is 13.0. The summed E-state index contributed by atoms with van der Waals surface area (Å²) >= 11 is 6.10. The van der Waals surface area contributed by atoms with E-state index >= 15 is 0 Å². The van der Waals surface area contributed by atoms with Crippen LogP contribution in [-0.4, -0.2) is 43.8 Å². The highest BCUT2D eigenvalue weighted by Gasteiger charge is 2.32. The molecule has 0 N–H and O–H groups in total. The summed E-state index contributed by atoms with van der Waals surface area (Å²) in [6.07, 6.45) is 0. The van der Waals surface area contributed by atoms with Gasteiger partial charge in [0.15, 0.2) is 0 Å². The quantitative estimate of drug-likeness (QED) is 0.575. The SMILES string of the molecule is Cc1ccc(S(=O)(=O)N2CCN(C(c3ccccc3)c3ccc(Cl)cc3)CC2)cc1. The van der Waals surface area contributed by atoms with E-state index in [1.54, 1.807) is 16.4 Å². The second-order valence-electron chi connectivity index (χ2n) is 7.62. The first-order valence-electron chi connectivity index (χ1n) is 10.1. The van der Waals surface area contributed by atoms with Crippen LogP contribution in [0.25, 0.3) is 0 Å². The molecule has 0 radical (unpaired) electrons. The molecule has 0 amide bonds. The van der Waals surface area contributed by atoms with Gasteiger partial charge in [-0.15, -0.1) is 0 Å². The zero-order valence-electron chi connectivity index (χ0n) is 16.9. The minimum Gasteiger partial charge on any atom is -0.290 e. The number of sulfonamides is 1. The lowest BCUT2D eigenvalue weighted by Gasteiger charge is -2.39. The first kappa shape index (κ1) is 21.1. The Kier molecular flexibility index (Phi) is 6.25. The standard InChI is InChI=1S/C24H25ClN2O2S/c1-19-7-13-23(14-8-19)30(28,29)27-17-15-26(16-18-27)24(20-5-3-2-4-6-20)21-9-11-22(25)12-10-21/h2-14,24H,15-18H2,1H3. The van der Waals surface area contributed by atoms with Gasteiger partial charge in [-0.1, -0.05) is 71.8 Å². The normalized spacial score (nSPS) is 17.0. The van der Waals surface area contributed by atoms with Crippen LogP contribution in [0.1, 0.15) is 22.7 Å². The lowest BCUT2D eigenvalue weighted by atomic mass is 9.96. The van der Waals surface area contributed by atoms with E-state index in [1.165, 1.54) is 5.56 Å². The molecule has 0 bridgehead atoms. The monoisotopic (exact) mass is 440 g/mol. The molecule has 3 aromatic rings. The van der Waals surface area contributed by atoms with Crippen molar-refractivity contribution < 1.29 is 8.42 Å². The van der Waals surface area contributed by atoms with Gasteiger partial charge >= 0.3 is 0 Å². The maximum atomic E-state index is 13.0. The first-order valence-corrected chi connectivity index (χ1v) is 11.9. The van der Waals surface area contributed by atoms with Gasteiger partial charge in [0.2, 0.25) is 10.0 Å². The molecular formula is C24H25ClN2O2S. The van der Waals surface area contributed by atoms with Gasteiger partial charge in [0.25, 0.3) is 0 Å². The highest BCUT2D eigenvalue weighted by molar-refractivity contribution is 7.89. The van der Waals surface area contributed by atoms with Gasteiger partial charge in [0.05, 0.1) is 10.9 Å². The topological polar surface area (TPSA) is 40.6 Å². The van der Waals surface area contributed by atoms with Crippen LogP contribution in [-0.2, 0) is 10.0 Å². The number of rotatable bonds is 5. The largest absolute Gasteiger partial charge is 0.290 e. The van der Waals surface area contributed by atoms with Gasteiger partial charge in [-0.2, -0.15) is 4.31 Å². The van der Waals surface area contributed by atoms with Crippen molar-refractivity contribution in [3.05, 3.63) is 101 Å². The summed E-state index contributed by atoms with van der Waals surface area (Å²) in [6.45, 7) is 4.20. The van der Waals surface area contributed by atoms with Gasteiger partial charge in [-0.3, -0.25) is 4.90 Å². The van der Waals surface area contributed by atoms with E-state index < -0.39 is 10.0 Å². The summed E-state index contributed by atoms with van der Waals surface area (Å²) in [7, 11) is -3.47. The third-order valence-corrected chi connectivity index (χ3v) is 7.76. The summed E-state index contributed by atoms with van der Waals surface area (Å²) in [5.41, 5.74) is 3.39. The molecule has 0 aromatic heterocycles. The lowest BCUT2D eigenvalue weighted by Crippen LogP contribution is -2.49. The van der Waals surface area contributed by atoms with Crippen LogP contribution in [0.3, 0.4) is 0 Å². The minimum absolute atomic E-state index is 0.0627. The van der Waals surface area contributed by atoms with E-state index in [1.807, 2.05) is 49.4 Å². The smallest absolute Gasteiger partial charge is 0.243 e. The van der Waals surface area contributed by atoms with Crippen LogP contribution in [0.15, 0.2) is 83.8 Å². The molecule has 1 unspecified atom stereocenters. The maximum Gasteiger partial charge on any atom is 0.243 e.